The molecule has 21 heavy (non-hydrogen) atoms. The minimum atomic E-state index is -4.01. The van der Waals surface area contributed by atoms with Crippen LogP contribution in [0, 0.1) is 12.7 Å². The van der Waals surface area contributed by atoms with Crippen LogP contribution in [0.2, 0.25) is 0 Å². The number of hydrogen-bond acceptors (Lipinski definition) is 4. The lowest BCUT2D eigenvalue weighted by molar-refractivity contribution is 0.0706. The van der Waals surface area contributed by atoms with Crippen LogP contribution < -0.4 is 5.14 Å². The van der Waals surface area contributed by atoms with E-state index in [4.69, 9.17) is 9.88 Å². The molecule has 0 spiro atoms. The van der Waals surface area contributed by atoms with Crippen LogP contribution >= 0.6 is 0 Å². The molecule has 0 bridgehead atoms. The predicted octanol–water partition coefficient (Wildman–Crippen LogP) is 0.642. The van der Waals surface area contributed by atoms with E-state index in [0.29, 0.717) is 19.6 Å². The van der Waals surface area contributed by atoms with Gasteiger partial charge in [0.15, 0.2) is 0 Å². The molecule has 6 nitrogen and oxygen atoms in total. The van der Waals surface area contributed by atoms with E-state index in [1.807, 2.05) is 0 Å². The summed E-state index contributed by atoms with van der Waals surface area (Å²) in [7, 11) is -2.47. The summed E-state index contributed by atoms with van der Waals surface area (Å²) >= 11 is 0. The third-order valence-electron chi connectivity index (χ3n) is 3.58. The first-order valence-electron chi connectivity index (χ1n) is 6.39. The van der Waals surface area contributed by atoms with Gasteiger partial charge in [0.2, 0.25) is 10.0 Å². The highest BCUT2D eigenvalue weighted by Crippen LogP contribution is 2.22. The summed E-state index contributed by atoms with van der Waals surface area (Å²) in [4.78, 5) is 13.5. The largest absolute Gasteiger partial charge is 0.379 e. The van der Waals surface area contributed by atoms with Gasteiger partial charge in [0.25, 0.3) is 5.91 Å². The van der Waals surface area contributed by atoms with Crippen molar-refractivity contribution in [2.75, 3.05) is 20.3 Å². The van der Waals surface area contributed by atoms with Gasteiger partial charge < -0.3 is 9.64 Å². The van der Waals surface area contributed by atoms with Gasteiger partial charge in [0, 0.05) is 13.7 Å². The molecule has 1 aliphatic rings. The molecule has 0 aliphatic carbocycles. The van der Waals surface area contributed by atoms with Crippen LogP contribution in [0.25, 0.3) is 0 Å². The fourth-order valence-corrected chi connectivity index (χ4v) is 3.10. The standard InChI is InChI=1S/C13H17FN2O4S/c1-8-5-11(14)10(6-12(8)21(15,18)19)13(17)16(2)9-3-4-20-7-9/h5-6,9H,3-4,7H2,1-2H3,(H2,15,18,19). The topological polar surface area (TPSA) is 89.7 Å². The molecule has 0 saturated carbocycles. The van der Waals surface area contributed by atoms with Gasteiger partial charge in [-0.2, -0.15) is 0 Å². The Bertz CT molecular complexity index is 669. The summed E-state index contributed by atoms with van der Waals surface area (Å²) < 4.78 is 42.1. The number of benzene rings is 1. The highest BCUT2D eigenvalue weighted by molar-refractivity contribution is 7.89. The lowest BCUT2D eigenvalue weighted by Gasteiger charge is -2.23. The third kappa shape index (κ3) is 3.22. The maximum absolute atomic E-state index is 14.0. The lowest BCUT2D eigenvalue weighted by atomic mass is 10.1. The van der Waals surface area contributed by atoms with Gasteiger partial charge in [-0.1, -0.05) is 0 Å². The Morgan fingerprint density at radius 2 is 2.14 bits per heavy atom. The predicted molar refractivity (Wildman–Crippen MR) is 73.8 cm³/mol. The average Bonchev–Trinajstić information content (AvgIpc) is 2.89. The van der Waals surface area contributed by atoms with E-state index in [1.54, 1.807) is 0 Å². The van der Waals surface area contributed by atoms with Gasteiger partial charge in [-0.3, -0.25) is 4.79 Å². The van der Waals surface area contributed by atoms with E-state index < -0.39 is 21.7 Å². The fraction of sp³-hybridized carbons (Fsp3) is 0.462. The maximum Gasteiger partial charge on any atom is 0.256 e. The lowest BCUT2D eigenvalue weighted by Crippen LogP contribution is -2.38. The Hall–Kier alpha value is -1.51. The summed E-state index contributed by atoms with van der Waals surface area (Å²) in [5.41, 5.74) is -0.141. The summed E-state index contributed by atoms with van der Waals surface area (Å²) in [5.74, 6) is -1.36. The van der Waals surface area contributed by atoms with Gasteiger partial charge >= 0.3 is 0 Å². The molecular formula is C13H17FN2O4S. The number of ether oxygens (including phenoxy) is 1. The Morgan fingerprint density at radius 3 is 2.67 bits per heavy atom. The Kier molecular flexibility index (Phi) is 4.31. The molecule has 2 N–H and O–H groups in total. The van der Waals surface area contributed by atoms with Crippen molar-refractivity contribution in [3.63, 3.8) is 0 Å². The van der Waals surface area contributed by atoms with Crippen molar-refractivity contribution in [3.8, 4) is 0 Å². The molecule has 8 heteroatoms. The maximum atomic E-state index is 14.0. The number of halogens is 1. The molecule has 2 rings (SSSR count). The second-order valence-corrected chi connectivity index (χ2v) is 6.61. The van der Waals surface area contributed by atoms with Crippen LogP contribution in [0.15, 0.2) is 17.0 Å². The Labute approximate surface area is 122 Å². The van der Waals surface area contributed by atoms with Crippen LogP contribution in [0.1, 0.15) is 22.3 Å². The Balaban J connectivity index is 2.41. The SMILES string of the molecule is Cc1cc(F)c(C(=O)N(C)C2CCOC2)cc1S(N)(=O)=O. The highest BCUT2D eigenvalue weighted by Gasteiger charge is 2.28. The summed E-state index contributed by atoms with van der Waals surface area (Å²) in [5, 5.41) is 5.08. The van der Waals surface area contributed by atoms with Crippen molar-refractivity contribution >= 4 is 15.9 Å². The van der Waals surface area contributed by atoms with Crippen molar-refractivity contribution in [3.05, 3.63) is 29.1 Å². The summed E-state index contributed by atoms with van der Waals surface area (Å²) in [6.07, 6.45) is 0.664. The van der Waals surface area contributed by atoms with Crippen molar-refractivity contribution in [2.45, 2.75) is 24.3 Å². The molecule has 1 aliphatic heterocycles. The van der Waals surface area contributed by atoms with Crippen LogP contribution in [0.3, 0.4) is 0 Å². The van der Waals surface area contributed by atoms with E-state index in [2.05, 4.69) is 0 Å². The van der Waals surface area contributed by atoms with Crippen molar-refractivity contribution in [1.29, 1.82) is 0 Å². The van der Waals surface area contributed by atoms with Gasteiger partial charge in [0.05, 0.1) is 23.1 Å². The minimum Gasteiger partial charge on any atom is -0.379 e. The summed E-state index contributed by atoms with van der Waals surface area (Å²) in [6, 6.07) is 1.86. The highest BCUT2D eigenvalue weighted by atomic mass is 32.2. The Morgan fingerprint density at radius 1 is 1.48 bits per heavy atom. The number of nitrogens with zero attached hydrogens (tertiary/aromatic N) is 1. The van der Waals surface area contributed by atoms with E-state index >= 15 is 0 Å². The zero-order valence-corrected chi connectivity index (χ0v) is 12.6. The number of likely N-dealkylation sites (N-methyl/N-ethyl adjacent to an activating group) is 1. The molecule has 0 aromatic heterocycles. The zero-order valence-electron chi connectivity index (χ0n) is 11.8. The third-order valence-corrected chi connectivity index (χ3v) is 4.63. The second-order valence-electron chi connectivity index (χ2n) is 5.08. The van der Waals surface area contributed by atoms with E-state index in [-0.39, 0.29) is 22.1 Å². The first-order chi connectivity index (χ1) is 9.71. The molecular weight excluding hydrogens is 299 g/mol. The first kappa shape index (κ1) is 15.9. The minimum absolute atomic E-state index is 0.142. The quantitative estimate of drug-likeness (QED) is 0.886. The van der Waals surface area contributed by atoms with Gasteiger partial charge in [-0.05, 0) is 31.0 Å². The van der Waals surface area contributed by atoms with Crippen molar-refractivity contribution in [1.82, 2.24) is 4.90 Å². The molecule has 116 valence electrons. The molecule has 1 aromatic rings. The van der Waals surface area contributed by atoms with Crippen LogP contribution in [0.4, 0.5) is 4.39 Å². The van der Waals surface area contributed by atoms with Crippen LogP contribution in [-0.4, -0.2) is 45.5 Å². The van der Waals surface area contributed by atoms with Gasteiger partial charge in [-0.25, -0.2) is 17.9 Å². The number of rotatable bonds is 3. The molecule has 1 unspecified atom stereocenters. The number of carbonyl (C=O) groups is 1. The number of sulfonamides is 1. The number of nitrogens with two attached hydrogens (primary N) is 1. The van der Waals surface area contributed by atoms with Crippen molar-refractivity contribution < 1.29 is 22.3 Å². The van der Waals surface area contributed by atoms with Crippen molar-refractivity contribution in [2.24, 2.45) is 5.14 Å². The first-order valence-corrected chi connectivity index (χ1v) is 7.94. The van der Waals surface area contributed by atoms with Gasteiger partial charge in [0.1, 0.15) is 5.82 Å². The normalized spacial score (nSPS) is 18.8. The molecule has 1 amide bonds. The second kappa shape index (κ2) is 5.70. The van der Waals surface area contributed by atoms with Crippen LogP contribution in [-0.2, 0) is 14.8 Å². The molecule has 1 saturated heterocycles. The van der Waals surface area contributed by atoms with E-state index in [1.165, 1.54) is 18.9 Å². The molecule has 1 fully saturated rings. The fourth-order valence-electron chi connectivity index (χ4n) is 2.31. The smallest absolute Gasteiger partial charge is 0.256 e. The number of amides is 1. The average molecular weight is 316 g/mol. The molecule has 1 heterocycles. The number of primary sulfonamides is 1. The number of hydrogen-bond donors (Lipinski definition) is 1. The summed E-state index contributed by atoms with van der Waals surface area (Å²) in [6.45, 7) is 2.35. The van der Waals surface area contributed by atoms with Gasteiger partial charge in [-0.15, -0.1) is 0 Å². The number of aryl methyl sites for hydroxylation is 1. The number of carbonyl (C=O) groups excluding carboxylic acids is 1. The van der Waals surface area contributed by atoms with E-state index in [0.717, 1.165) is 12.1 Å². The molecule has 1 atom stereocenters. The monoisotopic (exact) mass is 316 g/mol. The molecule has 1 aromatic carbocycles. The molecule has 0 radical (unpaired) electrons. The van der Waals surface area contributed by atoms with Crippen LogP contribution in [0.5, 0.6) is 0 Å². The van der Waals surface area contributed by atoms with E-state index in [9.17, 15) is 17.6 Å². The zero-order chi connectivity index (χ0) is 15.8.